The van der Waals surface area contributed by atoms with Crippen LogP contribution in [0.5, 0.6) is 0 Å². The number of benzene rings is 2. The van der Waals surface area contributed by atoms with Crippen molar-refractivity contribution >= 4 is 23.6 Å². The van der Waals surface area contributed by atoms with Crippen LogP contribution in [0.3, 0.4) is 0 Å². The summed E-state index contributed by atoms with van der Waals surface area (Å²) in [6.45, 7) is 0.0712. The largest absolute Gasteiger partial charge is 0.458 e. The van der Waals surface area contributed by atoms with Crippen molar-refractivity contribution in [3.05, 3.63) is 81.9 Å². The normalized spacial score (nSPS) is 12.3. The monoisotopic (exact) mass is 456 g/mol. The number of ether oxygens (including phenoxy) is 1. The maximum absolute atomic E-state index is 13.2. The fraction of sp³-hybridized carbons (Fsp3) is 0.261. The minimum Gasteiger partial charge on any atom is -0.458 e. The number of amides is 2. The fourth-order valence-electron chi connectivity index (χ4n) is 3.63. The molecule has 7 nitrogen and oxygen atoms in total. The summed E-state index contributed by atoms with van der Waals surface area (Å²) in [5.41, 5.74) is 4.46. The lowest BCUT2D eigenvalue weighted by Gasteiger charge is -2.08. The third-order valence-electron chi connectivity index (χ3n) is 5.21. The lowest BCUT2D eigenvalue weighted by atomic mass is 10.2. The molecule has 4 rings (SSSR count). The summed E-state index contributed by atoms with van der Waals surface area (Å²) in [4.78, 5) is 24.0. The van der Waals surface area contributed by atoms with E-state index >= 15 is 0 Å². The highest BCUT2D eigenvalue weighted by Crippen LogP contribution is 2.28. The summed E-state index contributed by atoms with van der Waals surface area (Å²) in [6, 6.07) is 12.7. The minimum absolute atomic E-state index is 0.0173. The van der Waals surface area contributed by atoms with Crippen molar-refractivity contribution in [2.75, 3.05) is 6.54 Å². The van der Waals surface area contributed by atoms with E-state index in [2.05, 4.69) is 15.7 Å². The molecule has 2 amide bonds. The summed E-state index contributed by atoms with van der Waals surface area (Å²) >= 11 is 5.83. The van der Waals surface area contributed by atoms with Crippen LogP contribution in [0.2, 0.25) is 5.02 Å². The summed E-state index contributed by atoms with van der Waals surface area (Å²) in [7, 11) is 0. The van der Waals surface area contributed by atoms with E-state index in [1.54, 1.807) is 41.1 Å². The number of fused-ring (bicyclic) bond motifs is 1. The van der Waals surface area contributed by atoms with Crippen molar-refractivity contribution in [2.24, 2.45) is 0 Å². The van der Waals surface area contributed by atoms with Crippen LogP contribution < -0.4 is 10.6 Å². The second-order valence-electron chi connectivity index (χ2n) is 7.44. The molecule has 0 bridgehead atoms. The molecule has 1 aliphatic rings. The van der Waals surface area contributed by atoms with Crippen molar-refractivity contribution in [1.29, 1.82) is 0 Å². The van der Waals surface area contributed by atoms with Crippen LogP contribution in [0.25, 0.3) is 5.69 Å². The number of urea groups is 1. The highest BCUT2D eigenvalue weighted by Gasteiger charge is 2.24. The van der Waals surface area contributed by atoms with E-state index in [1.165, 1.54) is 12.1 Å². The van der Waals surface area contributed by atoms with Crippen LogP contribution in [0, 0.1) is 5.82 Å². The average Bonchev–Trinajstić information content (AvgIpc) is 3.40. The Balaban J connectivity index is 1.28. The second-order valence-corrected chi connectivity index (χ2v) is 7.87. The van der Waals surface area contributed by atoms with Gasteiger partial charge in [-0.15, -0.1) is 0 Å². The zero-order valence-electron chi connectivity index (χ0n) is 17.2. The molecular formula is C23H22ClFN4O3. The van der Waals surface area contributed by atoms with E-state index in [0.29, 0.717) is 17.3 Å². The zero-order chi connectivity index (χ0) is 22.5. The van der Waals surface area contributed by atoms with Gasteiger partial charge in [0.25, 0.3) is 0 Å². The highest BCUT2D eigenvalue weighted by molar-refractivity contribution is 6.30. The van der Waals surface area contributed by atoms with Crippen LogP contribution in [-0.2, 0) is 35.5 Å². The number of nitrogens with zero attached hydrogens (tertiary/aromatic N) is 2. The predicted octanol–water partition coefficient (Wildman–Crippen LogP) is 3.70. The Morgan fingerprint density at radius 1 is 1.06 bits per heavy atom. The molecular weight excluding hydrogens is 435 g/mol. The van der Waals surface area contributed by atoms with Gasteiger partial charge in [-0.25, -0.2) is 13.9 Å². The third-order valence-corrected chi connectivity index (χ3v) is 5.47. The summed E-state index contributed by atoms with van der Waals surface area (Å²) in [5, 5.41) is 10.3. The van der Waals surface area contributed by atoms with Gasteiger partial charge in [0.1, 0.15) is 24.7 Å². The number of halogens is 2. The van der Waals surface area contributed by atoms with Gasteiger partial charge in [0, 0.05) is 22.8 Å². The topological polar surface area (TPSA) is 85.2 Å². The Kier molecular flexibility index (Phi) is 6.70. The van der Waals surface area contributed by atoms with Gasteiger partial charge in [-0.05, 0) is 61.2 Å². The Hall–Kier alpha value is -3.39. The fourth-order valence-corrected chi connectivity index (χ4v) is 3.75. The molecule has 9 heteroatoms. The van der Waals surface area contributed by atoms with Crippen molar-refractivity contribution in [2.45, 2.75) is 32.4 Å². The first-order valence-corrected chi connectivity index (χ1v) is 10.6. The molecule has 166 valence electrons. The summed E-state index contributed by atoms with van der Waals surface area (Å²) < 4.78 is 20.3. The molecule has 0 fully saturated rings. The van der Waals surface area contributed by atoms with Crippen molar-refractivity contribution in [3.8, 4) is 5.69 Å². The number of rotatable bonds is 7. The maximum Gasteiger partial charge on any atom is 0.325 e. The molecule has 0 unspecified atom stereocenters. The van der Waals surface area contributed by atoms with Gasteiger partial charge >= 0.3 is 12.0 Å². The van der Waals surface area contributed by atoms with Crippen LogP contribution in [0.1, 0.15) is 28.9 Å². The molecule has 1 aliphatic carbocycles. The van der Waals surface area contributed by atoms with Gasteiger partial charge in [-0.2, -0.15) is 5.10 Å². The molecule has 1 heterocycles. The molecule has 0 spiro atoms. The van der Waals surface area contributed by atoms with Crippen molar-refractivity contribution in [1.82, 2.24) is 20.4 Å². The van der Waals surface area contributed by atoms with Crippen LogP contribution in [-0.4, -0.2) is 28.3 Å². The van der Waals surface area contributed by atoms with Gasteiger partial charge in [0.15, 0.2) is 0 Å². The van der Waals surface area contributed by atoms with E-state index in [-0.39, 0.29) is 19.0 Å². The summed E-state index contributed by atoms with van der Waals surface area (Å²) in [6.07, 6.45) is 2.71. The smallest absolute Gasteiger partial charge is 0.325 e. The molecule has 0 aliphatic heterocycles. The van der Waals surface area contributed by atoms with E-state index in [9.17, 15) is 14.0 Å². The van der Waals surface area contributed by atoms with Crippen LogP contribution in [0.15, 0.2) is 48.5 Å². The molecule has 2 aromatic carbocycles. The molecule has 0 atom stereocenters. The van der Waals surface area contributed by atoms with E-state index in [0.717, 1.165) is 41.8 Å². The lowest BCUT2D eigenvalue weighted by Crippen LogP contribution is -2.38. The highest BCUT2D eigenvalue weighted by atomic mass is 35.5. The standard InChI is InChI=1S/C23H22ClFN4O3/c24-16-6-4-15(5-7-16)12-26-23(31)27-13-22(30)32-14-20-19-2-1-3-21(19)29(28-20)18-10-8-17(25)9-11-18/h4-11H,1-3,12-14H2,(H2,26,27,31). The number of carbonyl (C=O) groups is 2. The quantitative estimate of drug-likeness (QED) is 0.531. The number of esters is 1. The Morgan fingerprint density at radius 2 is 1.81 bits per heavy atom. The summed E-state index contributed by atoms with van der Waals surface area (Å²) in [5.74, 6) is -0.869. The van der Waals surface area contributed by atoms with Crippen LogP contribution >= 0.6 is 11.6 Å². The zero-order valence-corrected chi connectivity index (χ0v) is 18.0. The molecule has 3 aromatic rings. The Labute approximate surface area is 189 Å². The number of hydrogen-bond donors (Lipinski definition) is 2. The first kappa shape index (κ1) is 21.8. The number of carbonyl (C=O) groups excluding carboxylic acids is 2. The lowest BCUT2D eigenvalue weighted by molar-refractivity contribution is -0.143. The molecule has 0 saturated carbocycles. The van der Waals surface area contributed by atoms with E-state index < -0.39 is 12.0 Å². The van der Waals surface area contributed by atoms with E-state index in [1.807, 2.05) is 0 Å². The third kappa shape index (κ3) is 5.26. The molecule has 2 N–H and O–H groups in total. The first-order valence-electron chi connectivity index (χ1n) is 10.3. The van der Waals surface area contributed by atoms with Gasteiger partial charge in [-0.1, -0.05) is 23.7 Å². The first-order chi connectivity index (χ1) is 15.5. The number of nitrogens with one attached hydrogen (secondary N) is 2. The predicted molar refractivity (Wildman–Crippen MR) is 117 cm³/mol. The van der Waals surface area contributed by atoms with Gasteiger partial charge in [0.2, 0.25) is 0 Å². The van der Waals surface area contributed by atoms with Gasteiger partial charge < -0.3 is 15.4 Å². The maximum atomic E-state index is 13.2. The molecule has 1 aromatic heterocycles. The Bertz CT molecular complexity index is 1110. The van der Waals surface area contributed by atoms with Crippen molar-refractivity contribution < 1.29 is 18.7 Å². The number of aromatic nitrogens is 2. The molecule has 0 radical (unpaired) electrons. The second kappa shape index (κ2) is 9.82. The SMILES string of the molecule is O=C(NCC(=O)OCc1nn(-c2ccc(F)cc2)c2c1CCC2)NCc1ccc(Cl)cc1. The minimum atomic E-state index is -0.560. The number of hydrogen-bond acceptors (Lipinski definition) is 4. The van der Waals surface area contributed by atoms with Crippen LogP contribution in [0.4, 0.5) is 9.18 Å². The van der Waals surface area contributed by atoms with Gasteiger partial charge in [0.05, 0.1) is 5.69 Å². The average molecular weight is 457 g/mol. The molecule has 0 saturated heterocycles. The Morgan fingerprint density at radius 3 is 2.56 bits per heavy atom. The molecule has 32 heavy (non-hydrogen) atoms. The van der Waals surface area contributed by atoms with E-state index in [4.69, 9.17) is 16.3 Å². The van der Waals surface area contributed by atoms with Crippen molar-refractivity contribution in [3.63, 3.8) is 0 Å². The van der Waals surface area contributed by atoms with Gasteiger partial charge in [-0.3, -0.25) is 4.79 Å².